The number of hydrogen-bond donors (Lipinski definition) is 1. The fourth-order valence-corrected chi connectivity index (χ4v) is 1.04. The highest BCUT2D eigenvalue weighted by molar-refractivity contribution is 9.10. The van der Waals surface area contributed by atoms with Gasteiger partial charge in [-0.1, -0.05) is 13.8 Å². The third-order valence-corrected chi connectivity index (χ3v) is 2.42. The highest BCUT2D eigenvalue weighted by Gasteiger charge is 2.05. The van der Waals surface area contributed by atoms with E-state index in [1.165, 1.54) is 0 Å². The summed E-state index contributed by atoms with van der Waals surface area (Å²) in [6.07, 6.45) is 2.52. The lowest BCUT2D eigenvalue weighted by Gasteiger charge is -2.05. The van der Waals surface area contributed by atoms with Crippen LogP contribution in [0.3, 0.4) is 0 Å². The average molecular weight is 231 g/mol. The van der Waals surface area contributed by atoms with Crippen molar-refractivity contribution in [1.82, 2.24) is 9.97 Å². The van der Waals surface area contributed by atoms with Crippen molar-refractivity contribution in [3.05, 3.63) is 26.8 Å². The first kappa shape index (κ1) is 9.45. The topological polar surface area (TPSA) is 45.8 Å². The van der Waals surface area contributed by atoms with Crippen molar-refractivity contribution in [2.45, 2.75) is 26.2 Å². The molecule has 12 heavy (non-hydrogen) atoms. The van der Waals surface area contributed by atoms with Crippen LogP contribution in [-0.2, 0) is 0 Å². The quantitative estimate of drug-likeness (QED) is 0.846. The van der Waals surface area contributed by atoms with Crippen LogP contribution in [0.4, 0.5) is 0 Å². The van der Waals surface area contributed by atoms with Gasteiger partial charge < -0.3 is 4.98 Å². The smallest absolute Gasteiger partial charge is 0.265 e. The summed E-state index contributed by atoms with van der Waals surface area (Å²) < 4.78 is 0.481. The Morgan fingerprint density at radius 1 is 1.75 bits per heavy atom. The highest BCUT2D eigenvalue weighted by Crippen LogP contribution is 2.12. The molecular weight excluding hydrogens is 220 g/mol. The van der Waals surface area contributed by atoms with Crippen LogP contribution in [-0.4, -0.2) is 9.97 Å². The second kappa shape index (κ2) is 3.85. The maximum absolute atomic E-state index is 11.1. The van der Waals surface area contributed by atoms with E-state index in [1.807, 2.05) is 6.92 Å². The summed E-state index contributed by atoms with van der Waals surface area (Å²) in [6, 6.07) is 0. The molecule has 0 bridgehead atoms. The average Bonchev–Trinajstić information content (AvgIpc) is 2.08. The zero-order valence-electron chi connectivity index (χ0n) is 7.10. The second-order valence-corrected chi connectivity index (χ2v) is 3.61. The van der Waals surface area contributed by atoms with E-state index in [0.717, 1.165) is 12.2 Å². The highest BCUT2D eigenvalue weighted by atomic mass is 79.9. The van der Waals surface area contributed by atoms with Crippen molar-refractivity contribution in [3.8, 4) is 0 Å². The fraction of sp³-hybridized carbons (Fsp3) is 0.500. The molecule has 1 N–H and O–H groups in total. The van der Waals surface area contributed by atoms with Gasteiger partial charge in [0.1, 0.15) is 10.3 Å². The Kier molecular flexibility index (Phi) is 3.03. The van der Waals surface area contributed by atoms with Crippen molar-refractivity contribution in [2.75, 3.05) is 0 Å². The van der Waals surface area contributed by atoms with Crippen LogP contribution >= 0.6 is 15.9 Å². The first-order valence-corrected chi connectivity index (χ1v) is 4.69. The molecule has 0 radical (unpaired) electrons. The summed E-state index contributed by atoms with van der Waals surface area (Å²) in [7, 11) is 0. The van der Waals surface area contributed by atoms with Gasteiger partial charge in [0.05, 0.1) is 0 Å². The second-order valence-electron chi connectivity index (χ2n) is 2.75. The van der Waals surface area contributed by atoms with Crippen molar-refractivity contribution < 1.29 is 0 Å². The molecule has 1 heterocycles. The van der Waals surface area contributed by atoms with E-state index in [1.54, 1.807) is 6.20 Å². The molecular formula is C8H11BrN2O. The van der Waals surface area contributed by atoms with Gasteiger partial charge in [-0.15, -0.1) is 0 Å². The summed E-state index contributed by atoms with van der Waals surface area (Å²) in [4.78, 5) is 17.9. The third kappa shape index (κ3) is 1.94. The Hall–Kier alpha value is -0.640. The number of hydrogen-bond acceptors (Lipinski definition) is 2. The molecule has 0 spiro atoms. The SMILES string of the molecule is CCC(C)c1ncc(Br)c(=O)[nH]1. The lowest BCUT2D eigenvalue weighted by atomic mass is 10.1. The van der Waals surface area contributed by atoms with Gasteiger partial charge in [-0.3, -0.25) is 4.79 Å². The van der Waals surface area contributed by atoms with E-state index in [2.05, 4.69) is 32.8 Å². The number of nitrogens with one attached hydrogen (secondary N) is 1. The zero-order valence-corrected chi connectivity index (χ0v) is 8.68. The Bertz CT molecular complexity index is 321. The normalized spacial score (nSPS) is 12.9. The van der Waals surface area contributed by atoms with Gasteiger partial charge in [-0.25, -0.2) is 4.98 Å². The number of H-pyrrole nitrogens is 1. The Morgan fingerprint density at radius 2 is 2.42 bits per heavy atom. The molecule has 1 aromatic heterocycles. The van der Waals surface area contributed by atoms with Crippen LogP contribution < -0.4 is 5.56 Å². The summed E-state index contributed by atoms with van der Waals surface area (Å²) in [5, 5.41) is 0. The molecule has 0 aliphatic heterocycles. The molecule has 1 rings (SSSR count). The van der Waals surface area contributed by atoms with E-state index >= 15 is 0 Å². The van der Waals surface area contributed by atoms with E-state index < -0.39 is 0 Å². The number of aromatic nitrogens is 2. The molecule has 0 saturated heterocycles. The van der Waals surface area contributed by atoms with Gasteiger partial charge in [-0.05, 0) is 22.4 Å². The molecule has 4 heteroatoms. The van der Waals surface area contributed by atoms with Crippen LogP contribution in [0.2, 0.25) is 0 Å². The Labute approximate surface area is 79.4 Å². The van der Waals surface area contributed by atoms with Crippen molar-refractivity contribution in [3.63, 3.8) is 0 Å². The van der Waals surface area contributed by atoms with Crippen LogP contribution in [0.25, 0.3) is 0 Å². The van der Waals surface area contributed by atoms with Gasteiger partial charge in [0.25, 0.3) is 5.56 Å². The lowest BCUT2D eigenvalue weighted by Crippen LogP contribution is -2.12. The Balaban J connectivity index is 3.05. The molecule has 1 aromatic rings. The van der Waals surface area contributed by atoms with Gasteiger partial charge >= 0.3 is 0 Å². The molecule has 0 aromatic carbocycles. The molecule has 0 saturated carbocycles. The van der Waals surface area contributed by atoms with Crippen molar-refractivity contribution >= 4 is 15.9 Å². The Morgan fingerprint density at radius 3 is 2.92 bits per heavy atom. The fourth-order valence-electron chi connectivity index (χ4n) is 0.837. The van der Waals surface area contributed by atoms with Crippen LogP contribution in [0.1, 0.15) is 32.0 Å². The van der Waals surface area contributed by atoms with Gasteiger partial charge in [0.15, 0.2) is 0 Å². The van der Waals surface area contributed by atoms with E-state index in [0.29, 0.717) is 10.4 Å². The zero-order chi connectivity index (χ0) is 9.14. The minimum atomic E-state index is -0.111. The van der Waals surface area contributed by atoms with E-state index in [-0.39, 0.29) is 5.56 Å². The number of nitrogens with zero attached hydrogens (tertiary/aromatic N) is 1. The molecule has 1 atom stereocenters. The molecule has 0 aliphatic rings. The number of rotatable bonds is 2. The maximum Gasteiger partial charge on any atom is 0.265 e. The predicted molar refractivity (Wildman–Crippen MR) is 51.3 cm³/mol. The molecule has 0 fully saturated rings. The maximum atomic E-state index is 11.1. The number of halogens is 1. The minimum absolute atomic E-state index is 0.111. The largest absolute Gasteiger partial charge is 0.309 e. The summed E-state index contributed by atoms with van der Waals surface area (Å²) in [5.41, 5.74) is -0.111. The monoisotopic (exact) mass is 230 g/mol. The van der Waals surface area contributed by atoms with Gasteiger partial charge in [-0.2, -0.15) is 0 Å². The molecule has 66 valence electrons. The summed E-state index contributed by atoms with van der Waals surface area (Å²) in [6.45, 7) is 4.10. The summed E-state index contributed by atoms with van der Waals surface area (Å²) in [5.74, 6) is 1.07. The summed E-state index contributed by atoms with van der Waals surface area (Å²) >= 11 is 3.09. The van der Waals surface area contributed by atoms with E-state index in [9.17, 15) is 4.79 Å². The van der Waals surface area contributed by atoms with E-state index in [4.69, 9.17) is 0 Å². The standard InChI is InChI=1S/C8H11BrN2O/c1-3-5(2)7-10-4-6(9)8(12)11-7/h4-5H,3H2,1-2H3,(H,10,11,12). The van der Waals surface area contributed by atoms with Crippen molar-refractivity contribution in [1.29, 1.82) is 0 Å². The molecule has 3 nitrogen and oxygen atoms in total. The van der Waals surface area contributed by atoms with Crippen LogP contribution in [0.15, 0.2) is 15.5 Å². The van der Waals surface area contributed by atoms with Crippen molar-refractivity contribution in [2.24, 2.45) is 0 Å². The molecule has 0 aliphatic carbocycles. The first-order chi connectivity index (χ1) is 5.65. The third-order valence-electron chi connectivity index (χ3n) is 1.85. The number of aromatic amines is 1. The van der Waals surface area contributed by atoms with Crippen LogP contribution in [0.5, 0.6) is 0 Å². The minimum Gasteiger partial charge on any atom is -0.309 e. The predicted octanol–water partition coefficient (Wildman–Crippen LogP) is 2.05. The lowest BCUT2D eigenvalue weighted by molar-refractivity contribution is 0.673. The van der Waals surface area contributed by atoms with Crippen LogP contribution in [0, 0.1) is 0 Å². The molecule has 0 amide bonds. The van der Waals surface area contributed by atoms with Gasteiger partial charge in [0, 0.05) is 12.1 Å². The molecule has 1 unspecified atom stereocenters. The van der Waals surface area contributed by atoms with Gasteiger partial charge in [0.2, 0.25) is 0 Å². The first-order valence-electron chi connectivity index (χ1n) is 3.89.